The summed E-state index contributed by atoms with van der Waals surface area (Å²) in [5.74, 6) is 2.38. The first kappa shape index (κ1) is 5.77. The van der Waals surface area contributed by atoms with Gasteiger partial charge in [0.2, 0.25) is 0 Å². The van der Waals surface area contributed by atoms with Crippen LogP contribution >= 0.6 is 23.3 Å². The lowest BCUT2D eigenvalue weighted by Crippen LogP contribution is -1.61. The Morgan fingerprint density at radius 3 is 3.00 bits per heavy atom. The summed E-state index contributed by atoms with van der Waals surface area (Å²) in [4.78, 5) is 0. The van der Waals surface area contributed by atoms with Gasteiger partial charge in [-0.2, -0.15) is 0 Å². The van der Waals surface area contributed by atoms with Crippen LogP contribution in [0.25, 0.3) is 0 Å². The topological polar surface area (TPSA) is 0 Å². The van der Waals surface area contributed by atoms with Crippen molar-refractivity contribution in [3.05, 3.63) is 11.1 Å². The maximum Gasteiger partial charge on any atom is -0.0120 e. The highest BCUT2D eigenvalue weighted by Gasteiger charge is 1.83. The molecular weight excluding hydrogens is 141 g/mol. The molecule has 0 aliphatic heterocycles. The lowest BCUT2D eigenvalue weighted by molar-refractivity contribution is 1.19. The molecule has 0 fully saturated rings. The number of hydrogen-bond acceptors (Lipinski definition) is 0. The first-order valence-corrected chi connectivity index (χ1v) is 6.70. The molecule has 38 valence electrons. The van der Waals surface area contributed by atoms with Crippen LogP contribution in [0.2, 0.25) is 0 Å². The molecule has 1 aromatic rings. The standard InChI is InChI=1S/C4H7P3/c1-2-4-3-5-7-6-4/h3,5H,2H2,1H3. The molecule has 0 radical (unpaired) electrons. The van der Waals surface area contributed by atoms with Crippen LogP contribution in [0.4, 0.5) is 0 Å². The van der Waals surface area contributed by atoms with Gasteiger partial charge in [0.1, 0.15) is 0 Å². The third kappa shape index (κ3) is 1.54. The molecule has 0 saturated carbocycles. The van der Waals surface area contributed by atoms with E-state index in [2.05, 4.69) is 12.7 Å². The Morgan fingerprint density at radius 2 is 2.71 bits per heavy atom. The molecule has 1 rings (SSSR count). The Morgan fingerprint density at radius 1 is 1.86 bits per heavy atom. The summed E-state index contributed by atoms with van der Waals surface area (Å²) in [7, 11) is 4.27. The van der Waals surface area contributed by atoms with Gasteiger partial charge >= 0.3 is 0 Å². The van der Waals surface area contributed by atoms with Crippen LogP contribution in [0.15, 0.2) is 5.80 Å². The molecule has 0 aliphatic carbocycles. The lowest BCUT2D eigenvalue weighted by atomic mass is 10.5. The Labute approximate surface area is 48.4 Å². The molecule has 0 N–H and O–H groups in total. The highest BCUT2D eigenvalue weighted by atomic mass is 32.1. The van der Waals surface area contributed by atoms with Crippen molar-refractivity contribution in [1.29, 1.82) is 0 Å². The Hall–Kier alpha value is 0.640. The Balaban J connectivity index is 2.76. The van der Waals surface area contributed by atoms with Crippen molar-refractivity contribution in [2.24, 2.45) is 0 Å². The minimum absolute atomic E-state index is 1.09. The fourth-order valence-corrected chi connectivity index (χ4v) is 6.21. The van der Waals surface area contributed by atoms with Gasteiger partial charge < -0.3 is 0 Å². The highest BCUT2D eigenvalue weighted by Crippen LogP contribution is 2.36. The van der Waals surface area contributed by atoms with Crippen molar-refractivity contribution >= 4 is 23.3 Å². The van der Waals surface area contributed by atoms with Crippen LogP contribution in [0, 0.1) is 0 Å². The number of aryl methyl sites for hydroxylation is 1. The highest BCUT2D eigenvalue weighted by molar-refractivity contribution is 8.17. The average Bonchev–Trinajstić information content (AvgIpc) is 2.14. The van der Waals surface area contributed by atoms with E-state index < -0.39 is 0 Å². The van der Waals surface area contributed by atoms with Gasteiger partial charge in [-0.25, -0.2) is 0 Å². The van der Waals surface area contributed by atoms with Crippen LogP contribution < -0.4 is 0 Å². The van der Waals surface area contributed by atoms with Crippen molar-refractivity contribution in [2.75, 3.05) is 0 Å². The summed E-state index contributed by atoms with van der Waals surface area (Å²) in [5, 5.41) is 1.64. The van der Waals surface area contributed by atoms with Crippen LogP contribution in [0.5, 0.6) is 0 Å². The molecule has 1 unspecified atom stereocenters. The van der Waals surface area contributed by atoms with E-state index in [9.17, 15) is 0 Å². The lowest BCUT2D eigenvalue weighted by Gasteiger charge is -1.77. The van der Waals surface area contributed by atoms with E-state index in [0.29, 0.717) is 0 Å². The van der Waals surface area contributed by atoms with E-state index in [0.717, 1.165) is 7.87 Å². The second-order valence-electron chi connectivity index (χ2n) is 1.32. The molecule has 0 amide bonds. The molecule has 0 aliphatic rings. The average molecular weight is 148 g/mol. The molecule has 0 saturated heterocycles. The molecule has 1 aromatic heterocycles. The minimum atomic E-state index is 1.09. The van der Waals surface area contributed by atoms with Crippen molar-refractivity contribution < 1.29 is 0 Å². The molecule has 0 aromatic carbocycles. The fourth-order valence-electron chi connectivity index (χ4n) is 0.398. The van der Waals surface area contributed by atoms with Gasteiger partial charge in [-0.3, -0.25) is 0 Å². The van der Waals surface area contributed by atoms with E-state index in [1.54, 1.807) is 20.7 Å². The smallest absolute Gasteiger partial charge is 0.0120 e. The predicted molar refractivity (Wildman–Crippen MR) is 40.3 cm³/mol. The molecule has 3 heteroatoms. The van der Waals surface area contributed by atoms with E-state index in [4.69, 9.17) is 0 Å². The Kier molecular flexibility index (Phi) is 2.33. The van der Waals surface area contributed by atoms with Crippen LogP contribution in [0.3, 0.4) is 0 Å². The maximum atomic E-state index is 2.38. The Bertz CT molecular complexity index is 121. The van der Waals surface area contributed by atoms with Gasteiger partial charge in [0, 0.05) is 0 Å². The second-order valence-corrected chi connectivity index (χ2v) is 6.61. The van der Waals surface area contributed by atoms with Crippen molar-refractivity contribution in [3.8, 4) is 0 Å². The molecule has 0 spiro atoms. The molecular formula is C4H7P3. The molecule has 1 heterocycles. The van der Waals surface area contributed by atoms with Crippen LogP contribution in [0.1, 0.15) is 12.2 Å². The van der Waals surface area contributed by atoms with Gasteiger partial charge in [-0.1, -0.05) is 6.92 Å². The summed E-state index contributed by atoms with van der Waals surface area (Å²) in [6.45, 7) is 2.23. The zero-order chi connectivity index (χ0) is 5.11. The zero-order valence-corrected chi connectivity index (χ0v) is 6.97. The van der Waals surface area contributed by atoms with Crippen LogP contribution in [-0.2, 0) is 6.42 Å². The predicted octanol–water partition coefficient (Wildman–Crippen LogP) is 3.44. The molecule has 0 nitrogen and oxygen atoms in total. The van der Waals surface area contributed by atoms with Crippen molar-refractivity contribution in [2.45, 2.75) is 13.3 Å². The summed E-state index contributed by atoms with van der Waals surface area (Å²) in [5.41, 5.74) is 0. The normalized spacial score (nSPS) is 12.7. The fraction of sp³-hybridized carbons (Fsp3) is 0.500. The van der Waals surface area contributed by atoms with E-state index >= 15 is 0 Å². The second kappa shape index (κ2) is 2.83. The van der Waals surface area contributed by atoms with E-state index in [-0.39, 0.29) is 0 Å². The SMILES string of the molecule is CCc1c[pH]pp1. The first-order chi connectivity index (χ1) is 3.43. The third-order valence-corrected chi connectivity index (χ3v) is 6.21. The van der Waals surface area contributed by atoms with Crippen molar-refractivity contribution in [1.82, 2.24) is 0 Å². The number of hydrogen-bond donors (Lipinski definition) is 0. The molecule has 7 heavy (non-hydrogen) atoms. The summed E-state index contributed by atoms with van der Waals surface area (Å²) < 4.78 is 0. The van der Waals surface area contributed by atoms with Gasteiger partial charge in [0.25, 0.3) is 0 Å². The summed E-state index contributed by atoms with van der Waals surface area (Å²) >= 11 is 0. The summed E-state index contributed by atoms with van der Waals surface area (Å²) in [6, 6.07) is 0. The molecule has 1 atom stereocenters. The zero-order valence-electron chi connectivity index (χ0n) is 4.18. The van der Waals surface area contributed by atoms with E-state index in [1.807, 2.05) is 0 Å². The van der Waals surface area contributed by atoms with Crippen LogP contribution in [-0.4, -0.2) is 0 Å². The van der Waals surface area contributed by atoms with Gasteiger partial charge in [0.05, 0.1) is 0 Å². The largest absolute Gasteiger partial charge is 0.105 e. The van der Waals surface area contributed by atoms with E-state index in [1.165, 1.54) is 6.42 Å². The van der Waals surface area contributed by atoms with Gasteiger partial charge in [0.15, 0.2) is 0 Å². The third-order valence-electron chi connectivity index (χ3n) is 0.830. The molecule has 0 bridgehead atoms. The monoisotopic (exact) mass is 148 g/mol. The van der Waals surface area contributed by atoms with Gasteiger partial charge in [-0.05, 0) is 32.9 Å². The quantitative estimate of drug-likeness (QED) is 0.572. The summed E-state index contributed by atoms with van der Waals surface area (Å²) in [6.07, 6.45) is 1.27. The number of rotatable bonds is 1. The maximum absolute atomic E-state index is 2.38. The first-order valence-electron chi connectivity index (χ1n) is 2.29. The van der Waals surface area contributed by atoms with Crippen molar-refractivity contribution in [3.63, 3.8) is 0 Å². The minimum Gasteiger partial charge on any atom is -0.105 e. The van der Waals surface area contributed by atoms with Gasteiger partial charge in [-0.15, -0.1) is 7.87 Å².